The molecular weight excluding hydrogens is 888 g/mol. The van der Waals surface area contributed by atoms with Gasteiger partial charge in [0.15, 0.2) is 0 Å². The van der Waals surface area contributed by atoms with Crippen LogP contribution in [0, 0.1) is 0 Å². The average Bonchev–Trinajstić information content (AvgIpc) is 3.32. The maximum absolute atomic E-state index is 12.9. The van der Waals surface area contributed by atoms with Gasteiger partial charge in [0.2, 0.25) is 5.91 Å². The number of nitrogens with zero attached hydrogens (tertiary/aromatic N) is 1. The van der Waals surface area contributed by atoms with Crippen molar-refractivity contribution < 1.29 is 32.9 Å². The zero-order chi connectivity index (χ0) is 51.3. The van der Waals surface area contributed by atoms with E-state index in [1.54, 1.807) is 6.08 Å². The number of carbonyl (C=O) groups is 1. The third-order valence-electron chi connectivity index (χ3n) is 12.9. The minimum atomic E-state index is -4.37. The predicted molar refractivity (Wildman–Crippen MR) is 304 cm³/mol. The summed E-state index contributed by atoms with van der Waals surface area (Å²) < 4.78 is 23.7. The molecule has 9 heteroatoms. The first-order valence-electron chi connectivity index (χ1n) is 29.3. The second-order valence-corrected chi connectivity index (χ2v) is 22.4. The number of quaternary nitrogens is 1. The number of hydrogen-bond acceptors (Lipinski definition) is 5. The molecule has 0 heterocycles. The van der Waals surface area contributed by atoms with E-state index in [1.165, 1.54) is 161 Å². The molecule has 8 nitrogen and oxygen atoms in total. The van der Waals surface area contributed by atoms with Crippen LogP contribution >= 0.6 is 7.82 Å². The Morgan fingerprint density at radius 2 is 0.871 bits per heavy atom. The van der Waals surface area contributed by atoms with Crippen LogP contribution < -0.4 is 5.32 Å². The van der Waals surface area contributed by atoms with Crippen LogP contribution in [0.2, 0.25) is 0 Å². The molecule has 0 aliphatic rings. The highest BCUT2D eigenvalue weighted by atomic mass is 31.2. The van der Waals surface area contributed by atoms with Crippen molar-refractivity contribution in [3.8, 4) is 0 Å². The van der Waals surface area contributed by atoms with Crippen molar-refractivity contribution in [2.75, 3.05) is 40.9 Å². The zero-order valence-electron chi connectivity index (χ0n) is 46.5. The van der Waals surface area contributed by atoms with Gasteiger partial charge in [0.25, 0.3) is 0 Å². The molecule has 0 saturated heterocycles. The lowest BCUT2D eigenvalue weighted by atomic mass is 10.0. The second-order valence-electron chi connectivity index (χ2n) is 21.0. The van der Waals surface area contributed by atoms with Gasteiger partial charge in [-0.05, 0) is 77.0 Å². The van der Waals surface area contributed by atoms with Gasteiger partial charge in [-0.3, -0.25) is 13.8 Å². The minimum Gasteiger partial charge on any atom is -0.387 e. The smallest absolute Gasteiger partial charge is 0.387 e. The van der Waals surface area contributed by atoms with Crippen LogP contribution in [0.25, 0.3) is 0 Å². The number of aliphatic hydroxyl groups excluding tert-OH is 1. The van der Waals surface area contributed by atoms with E-state index in [0.29, 0.717) is 17.4 Å². The summed E-state index contributed by atoms with van der Waals surface area (Å²) in [5.74, 6) is -0.202. The number of likely N-dealkylation sites (N-methyl/N-ethyl adjacent to an activating group) is 1. The molecule has 3 N–H and O–H groups in total. The number of amides is 1. The maximum Gasteiger partial charge on any atom is 0.472 e. The summed E-state index contributed by atoms with van der Waals surface area (Å²) in [6, 6.07) is -0.880. The molecule has 0 aliphatic carbocycles. The number of carbonyl (C=O) groups excluding carboxylic acids is 1. The molecule has 0 fully saturated rings. The van der Waals surface area contributed by atoms with E-state index in [2.05, 4.69) is 79.9 Å². The number of nitrogens with one attached hydrogen (secondary N) is 1. The molecule has 0 bridgehead atoms. The van der Waals surface area contributed by atoms with E-state index in [0.717, 1.165) is 77.0 Å². The van der Waals surface area contributed by atoms with E-state index in [1.807, 2.05) is 27.2 Å². The highest BCUT2D eigenvalue weighted by Gasteiger charge is 2.27. The van der Waals surface area contributed by atoms with Gasteiger partial charge in [0.1, 0.15) is 13.2 Å². The van der Waals surface area contributed by atoms with Gasteiger partial charge in [-0.25, -0.2) is 4.57 Å². The lowest BCUT2D eigenvalue weighted by Gasteiger charge is -2.25. The van der Waals surface area contributed by atoms with E-state index in [-0.39, 0.29) is 19.1 Å². The fourth-order valence-electron chi connectivity index (χ4n) is 8.32. The topological polar surface area (TPSA) is 105 Å². The summed E-state index contributed by atoms with van der Waals surface area (Å²) in [4.78, 5) is 23.3. The van der Waals surface area contributed by atoms with Crippen LogP contribution in [0.15, 0.2) is 72.9 Å². The second kappa shape index (κ2) is 51.8. The quantitative estimate of drug-likeness (QED) is 0.0243. The predicted octanol–water partition coefficient (Wildman–Crippen LogP) is 17.9. The first kappa shape index (κ1) is 67.9. The molecule has 0 saturated carbocycles. The van der Waals surface area contributed by atoms with Crippen LogP contribution in [0.4, 0.5) is 0 Å². The summed E-state index contributed by atoms with van der Waals surface area (Å²) in [5, 5.41) is 13.9. The Morgan fingerprint density at radius 1 is 0.500 bits per heavy atom. The Bertz CT molecular complexity index is 1370. The van der Waals surface area contributed by atoms with Gasteiger partial charge >= 0.3 is 7.82 Å². The highest BCUT2D eigenvalue weighted by Crippen LogP contribution is 2.43. The third-order valence-corrected chi connectivity index (χ3v) is 13.9. The van der Waals surface area contributed by atoms with Crippen LogP contribution in [-0.4, -0.2) is 73.4 Å². The standard InChI is InChI=1S/C61H113N2O6P/c1-6-8-10-12-14-16-18-20-22-24-25-26-27-28-29-30-31-32-33-34-35-36-37-39-40-42-44-46-48-50-52-54-60(64)59(58-69-70(66,67)68-57-56-63(3,4)5)62-61(65)55-53-51-49-47-45-43-41-38-23-21-19-17-15-13-11-9-7-2/h9,11,15,17,21,23,37,39,44,46,52,54,59-60,64H,6-8,10,12-14,16,18-20,22,24-36,38,40-43,45,47-51,53,55-58H2,1-5H3,(H-,62,65,66,67)/p+1/b11-9-,17-15-,23-21-,39-37+,46-44+,54-52+. The zero-order valence-corrected chi connectivity index (χ0v) is 47.4. The number of phosphoric acid groups is 1. The molecule has 0 radical (unpaired) electrons. The highest BCUT2D eigenvalue weighted by molar-refractivity contribution is 7.47. The summed E-state index contributed by atoms with van der Waals surface area (Å²) >= 11 is 0. The normalized spacial score (nSPS) is 14.4. The van der Waals surface area contributed by atoms with E-state index in [4.69, 9.17) is 9.05 Å². The lowest BCUT2D eigenvalue weighted by molar-refractivity contribution is -0.870. The molecule has 408 valence electrons. The number of aliphatic hydroxyl groups is 1. The lowest BCUT2D eigenvalue weighted by Crippen LogP contribution is -2.45. The largest absolute Gasteiger partial charge is 0.472 e. The van der Waals surface area contributed by atoms with E-state index in [9.17, 15) is 19.4 Å². The van der Waals surface area contributed by atoms with E-state index < -0.39 is 20.0 Å². The number of unbranched alkanes of at least 4 members (excludes halogenated alkanes) is 30. The molecule has 70 heavy (non-hydrogen) atoms. The summed E-state index contributed by atoms with van der Waals surface area (Å²) in [6.07, 6.45) is 71.7. The Kier molecular flexibility index (Phi) is 50.3. The number of rotatable bonds is 53. The Balaban J connectivity index is 4.22. The molecule has 1 amide bonds. The SMILES string of the molecule is CC/C=C\C/C=C\C/C=C\CCCCCCCCCC(=O)NC(COP(=O)(O)OCC[N+](C)(C)C)C(O)/C=C/CC/C=C/CC/C=C/CCCCCCCCCCCCCCCCCCCCCCC. The fraction of sp³-hybridized carbons (Fsp3) is 0.787. The van der Waals surface area contributed by atoms with Crippen LogP contribution in [-0.2, 0) is 18.4 Å². The Morgan fingerprint density at radius 3 is 1.31 bits per heavy atom. The third kappa shape index (κ3) is 53.7. The van der Waals surface area contributed by atoms with Gasteiger partial charge in [-0.15, -0.1) is 0 Å². The van der Waals surface area contributed by atoms with Gasteiger partial charge in [-0.1, -0.05) is 247 Å². The Hall–Kier alpha value is -2.06. The Labute approximate surface area is 434 Å². The van der Waals surface area contributed by atoms with Gasteiger partial charge in [-0.2, -0.15) is 0 Å². The molecular formula is C61H114N2O6P+. The monoisotopic (exact) mass is 1000 g/mol. The molecule has 3 atom stereocenters. The fourth-order valence-corrected chi connectivity index (χ4v) is 9.06. The van der Waals surface area contributed by atoms with Crippen molar-refractivity contribution >= 4 is 13.7 Å². The van der Waals surface area contributed by atoms with Gasteiger partial charge in [0, 0.05) is 6.42 Å². The van der Waals surface area contributed by atoms with Crippen LogP contribution in [0.3, 0.4) is 0 Å². The number of hydrogen-bond donors (Lipinski definition) is 3. The van der Waals surface area contributed by atoms with Crippen molar-refractivity contribution in [1.82, 2.24) is 5.32 Å². The van der Waals surface area contributed by atoms with E-state index >= 15 is 0 Å². The summed E-state index contributed by atoms with van der Waals surface area (Å²) in [5.41, 5.74) is 0. The average molecular weight is 1000 g/mol. The first-order valence-corrected chi connectivity index (χ1v) is 30.8. The molecule has 3 unspecified atom stereocenters. The molecule has 0 rings (SSSR count). The van der Waals surface area contributed by atoms with Gasteiger partial charge < -0.3 is 19.8 Å². The summed E-state index contributed by atoms with van der Waals surface area (Å²) in [7, 11) is 1.53. The molecule has 0 spiro atoms. The van der Waals surface area contributed by atoms with Crippen molar-refractivity contribution in [3.63, 3.8) is 0 Å². The van der Waals surface area contributed by atoms with Crippen molar-refractivity contribution in [3.05, 3.63) is 72.9 Å². The minimum absolute atomic E-state index is 0.0484. The molecule has 0 aromatic carbocycles. The first-order chi connectivity index (χ1) is 34.0. The van der Waals surface area contributed by atoms with Crippen molar-refractivity contribution in [2.45, 2.75) is 270 Å². The number of phosphoric ester groups is 1. The van der Waals surface area contributed by atoms with Gasteiger partial charge in [0.05, 0.1) is 39.9 Å². The molecule has 0 aliphatic heterocycles. The maximum atomic E-state index is 12.9. The number of allylic oxidation sites excluding steroid dienone is 11. The van der Waals surface area contributed by atoms with Crippen LogP contribution in [0.5, 0.6) is 0 Å². The van der Waals surface area contributed by atoms with Crippen molar-refractivity contribution in [2.24, 2.45) is 0 Å². The van der Waals surface area contributed by atoms with Crippen LogP contribution in [0.1, 0.15) is 258 Å². The van der Waals surface area contributed by atoms with Crippen molar-refractivity contribution in [1.29, 1.82) is 0 Å². The molecule has 0 aromatic heterocycles. The summed E-state index contributed by atoms with van der Waals surface area (Å²) in [6.45, 7) is 4.68. The molecule has 0 aromatic rings.